The van der Waals surface area contributed by atoms with Crippen LogP contribution in [0.2, 0.25) is 0 Å². The van der Waals surface area contributed by atoms with Crippen molar-refractivity contribution >= 4 is 27.7 Å². The predicted octanol–water partition coefficient (Wildman–Crippen LogP) is 2.48. The van der Waals surface area contributed by atoms with Crippen LogP contribution in [0.5, 0.6) is 0 Å². The van der Waals surface area contributed by atoms with E-state index in [0.29, 0.717) is 0 Å². The van der Waals surface area contributed by atoms with Gasteiger partial charge in [0.15, 0.2) is 0 Å². The Hall–Kier alpha value is -0.100. The van der Waals surface area contributed by atoms with E-state index in [9.17, 15) is 0 Å². The number of hydrogen-bond acceptors (Lipinski definition) is 4. The Balaban J connectivity index is 2.03. The molecule has 17 heavy (non-hydrogen) atoms. The van der Waals surface area contributed by atoms with Crippen LogP contribution in [-0.2, 0) is 0 Å². The molecule has 0 aliphatic rings. The molecule has 0 aliphatic heterocycles. The molecule has 3 nitrogen and oxygen atoms in total. The zero-order valence-electron chi connectivity index (χ0n) is 10.4. The van der Waals surface area contributed by atoms with Gasteiger partial charge in [-0.25, -0.2) is 4.98 Å². The minimum atomic E-state index is 1.03. The third-order valence-corrected chi connectivity index (χ3v) is 4.11. The summed E-state index contributed by atoms with van der Waals surface area (Å²) < 4.78 is 1.08. The maximum atomic E-state index is 4.32. The van der Waals surface area contributed by atoms with Gasteiger partial charge in [0.2, 0.25) is 0 Å². The van der Waals surface area contributed by atoms with Gasteiger partial charge in [0.05, 0.1) is 0 Å². The zero-order valence-corrected chi connectivity index (χ0v) is 12.9. The van der Waals surface area contributed by atoms with E-state index in [0.717, 1.165) is 34.9 Å². The van der Waals surface area contributed by atoms with Gasteiger partial charge in [0.1, 0.15) is 5.03 Å². The maximum Gasteiger partial charge on any atom is 0.110 e. The molecule has 0 aromatic carbocycles. The molecule has 1 aromatic heterocycles. The van der Waals surface area contributed by atoms with Gasteiger partial charge in [-0.3, -0.25) is 0 Å². The van der Waals surface area contributed by atoms with Crippen LogP contribution in [0.1, 0.15) is 6.42 Å². The smallest absolute Gasteiger partial charge is 0.110 e. The number of nitrogens with one attached hydrogen (secondary N) is 1. The molecule has 0 spiro atoms. The normalized spacial score (nSPS) is 11.1. The van der Waals surface area contributed by atoms with Crippen LogP contribution < -0.4 is 5.32 Å². The Morgan fingerprint density at radius 3 is 2.94 bits per heavy atom. The van der Waals surface area contributed by atoms with Crippen molar-refractivity contribution in [3.8, 4) is 0 Å². The first-order chi connectivity index (χ1) is 8.20. The van der Waals surface area contributed by atoms with Gasteiger partial charge in [-0.15, -0.1) is 11.8 Å². The minimum absolute atomic E-state index is 1.03. The molecular formula is C12H20BrN3S. The van der Waals surface area contributed by atoms with E-state index in [1.54, 1.807) is 11.8 Å². The Morgan fingerprint density at radius 2 is 2.24 bits per heavy atom. The first-order valence-corrected chi connectivity index (χ1v) is 7.57. The largest absolute Gasteiger partial charge is 0.316 e. The first-order valence-electron chi connectivity index (χ1n) is 5.79. The van der Waals surface area contributed by atoms with E-state index in [-0.39, 0.29) is 0 Å². The van der Waals surface area contributed by atoms with Crippen molar-refractivity contribution in [3.05, 3.63) is 22.8 Å². The molecule has 0 saturated carbocycles. The molecule has 0 unspecified atom stereocenters. The Labute approximate surface area is 117 Å². The highest BCUT2D eigenvalue weighted by atomic mass is 79.9. The van der Waals surface area contributed by atoms with E-state index in [2.05, 4.69) is 45.2 Å². The van der Waals surface area contributed by atoms with Crippen LogP contribution in [0.3, 0.4) is 0 Å². The monoisotopic (exact) mass is 317 g/mol. The number of pyridine rings is 1. The summed E-state index contributed by atoms with van der Waals surface area (Å²) >= 11 is 5.28. The molecule has 0 fully saturated rings. The second-order valence-corrected chi connectivity index (χ2v) is 5.98. The number of hydrogen-bond donors (Lipinski definition) is 1. The third-order valence-electron chi connectivity index (χ3n) is 2.20. The highest BCUT2D eigenvalue weighted by Gasteiger charge is 1.99. The molecule has 1 aromatic rings. The molecule has 0 bridgehead atoms. The maximum absolute atomic E-state index is 4.32. The third kappa shape index (κ3) is 7.03. The molecule has 5 heteroatoms. The van der Waals surface area contributed by atoms with Crippen LogP contribution in [0.25, 0.3) is 0 Å². The molecule has 1 rings (SSSR count). The lowest BCUT2D eigenvalue weighted by molar-refractivity contribution is 0.396. The quantitative estimate of drug-likeness (QED) is 0.589. The van der Waals surface area contributed by atoms with Gasteiger partial charge in [0.25, 0.3) is 0 Å². The SMILES string of the molecule is CN(C)CCCNCCSc1ncccc1Br. The molecule has 1 heterocycles. The Bertz CT molecular complexity index is 320. The van der Waals surface area contributed by atoms with Crippen LogP contribution in [0.4, 0.5) is 0 Å². The summed E-state index contributed by atoms with van der Waals surface area (Å²) in [6.45, 7) is 3.26. The van der Waals surface area contributed by atoms with Gasteiger partial charge in [-0.05, 0) is 61.7 Å². The fourth-order valence-electron chi connectivity index (χ4n) is 1.34. The fourth-order valence-corrected chi connectivity index (χ4v) is 2.72. The zero-order chi connectivity index (χ0) is 12.5. The highest BCUT2D eigenvalue weighted by molar-refractivity contribution is 9.10. The highest BCUT2D eigenvalue weighted by Crippen LogP contribution is 2.23. The summed E-state index contributed by atoms with van der Waals surface area (Å²) in [4.78, 5) is 6.53. The minimum Gasteiger partial charge on any atom is -0.316 e. The molecule has 1 N–H and O–H groups in total. The molecule has 0 aliphatic carbocycles. The van der Waals surface area contributed by atoms with E-state index in [1.165, 1.54) is 6.42 Å². The number of aromatic nitrogens is 1. The van der Waals surface area contributed by atoms with Crippen LogP contribution in [0.15, 0.2) is 27.8 Å². The number of rotatable bonds is 8. The Morgan fingerprint density at radius 1 is 1.41 bits per heavy atom. The molecule has 0 saturated heterocycles. The van der Waals surface area contributed by atoms with Crippen LogP contribution in [0, 0.1) is 0 Å². The number of thioether (sulfide) groups is 1. The summed E-state index contributed by atoms with van der Waals surface area (Å²) in [5, 5.41) is 4.51. The van der Waals surface area contributed by atoms with Gasteiger partial charge in [-0.1, -0.05) is 0 Å². The second kappa shape index (κ2) is 8.91. The van der Waals surface area contributed by atoms with Gasteiger partial charge in [0, 0.05) is 23.0 Å². The Kier molecular flexibility index (Phi) is 7.84. The molecular weight excluding hydrogens is 298 g/mol. The summed E-state index contributed by atoms with van der Waals surface area (Å²) in [5.41, 5.74) is 0. The predicted molar refractivity (Wildman–Crippen MR) is 78.7 cm³/mol. The second-order valence-electron chi connectivity index (χ2n) is 4.05. The number of halogens is 1. The molecule has 0 amide bonds. The van der Waals surface area contributed by atoms with E-state index < -0.39 is 0 Å². The number of nitrogens with zero attached hydrogens (tertiary/aromatic N) is 2. The van der Waals surface area contributed by atoms with Crippen LogP contribution in [-0.4, -0.2) is 49.4 Å². The van der Waals surface area contributed by atoms with Crippen molar-refractivity contribution in [2.75, 3.05) is 39.5 Å². The van der Waals surface area contributed by atoms with Crippen molar-refractivity contribution in [2.24, 2.45) is 0 Å². The summed E-state index contributed by atoms with van der Waals surface area (Å²) in [7, 11) is 4.21. The molecule has 0 atom stereocenters. The van der Waals surface area contributed by atoms with Crippen LogP contribution >= 0.6 is 27.7 Å². The summed E-state index contributed by atoms with van der Waals surface area (Å²) in [5.74, 6) is 1.05. The van der Waals surface area contributed by atoms with Crippen molar-refractivity contribution in [1.82, 2.24) is 15.2 Å². The lowest BCUT2D eigenvalue weighted by Gasteiger charge is -2.09. The van der Waals surface area contributed by atoms with Gasteiger partial charge >= 0.3 is 0 Å². The average molecular weight is 318 g/mol. The standard InChI is InChI=1S/C12H20BrN3S/c1-16(2)9-4-6-14-8-10-17-12-11(13)5-3-7-15-12/h3,5,7,14H,4,6,8-10H2,1-2H3. The van der Waals surface area contributed by atoms with Crippen molar-refractivity contribution < 1.29 is 0 Å². The first kappa shape index (κ1) is 15.0. The van der Waals surface area contributed by atoms with Crippen molar-refractivity contribution in [3.63, 3.8) is 0 Å². The molecule has 96 valence electrons. The summed E-state index contributed by atoms with van der Waals surface area (Å²) in [6.07, 6.45) is 3.03. The van der Waals surface area contributed by atoms with Crippen molar-refractivity contribution in [2.45, 2.75) is 11.4 Å². The van der Waals surface area contributed by atoms with Gasteiger partial charge in [-0.2, -0.15) is 0 Å². The van der Waals surface area contributed by atoms with E-state index in [1.807, 2.05) is 18.3 Å². The van der Waals surface area contributed by atoms with Crippen molar-refractivity contribution in [1.29, 1.82) is 0 Å². The van der Waals surface area contributed by atoms with E-state index in [4.69, 9.17) is 0 Å². The topological polar surface area (TPSA) is 28.2 Å². The molecule has 0 radical (unpaired) electrons. The summed E-state index contributed by atoms with van der Waals surface area (Å²) in [6, 6.07) is 3.97. The lowest BCUT2D eigenvalue weighted by Crippen LogP contribution is -2.23. The van der Waals surface area contributed by atoms with E-state index >= 15 is 0 Å². The average Bonchev–Trinajstić information content (AvgIpc) is 2.30. The fraction of sp³-hybridized carbons (Fsp3) is 0.583. The van der Waals surface area contributed by atoms with Gasteiger partial charge < -0.3 is 10.2 Å². The lowest BCUT2D eigenvalue weighted by atomic mass is 10.4.